The maximum atomic E-state index is 12.7. The molecule has 30 heavy (non-hydrogen) atoms. The van der Waals surface area contributed by atoms with Crippen LogP contribution in [0.25, 0.3) is 0 Å². The van der Waals surface area contributed by atoms with Gasteiger partial charge in [0.15, 0.2) is 5.13 Å². The fraction of sp³-hybridized carbons (Fsp3) is 0.263. The molecule has 1 saturated heterocycles. The van der Waals surface area contributed by atoms with Gasteiger partial charge in [-0.05, 0) is 24.3 Å². The van der Waals surface area contributed by atoms with Crippen molar-refractivity contribution in [1.82, 2.24) is 19.9 Å². The molecule has 0 saturated carbocycles. The van der Waals surface area contributed by atoms with Crippen LogP contribution in [0.4, 0.5) is 29.8 Å². The summed E-state index contributed by atoms with van der Waals surface area (Å²) in [5.74, 6) is 0.289. The standard InChI is InChI=1S/C19H17F3N6OS/c20-19(21,22)13-3-4-16(24-10-13)27-6-8-28(9-7-27)17(29)15-12-30-18(26-15)25-14-2-1-5-23-11-14/h1-5,10-12H,6-9H2,(H,25,26). The van der Waals surface area contributed by atoms with E-state index in [1.165, 1.54) is 17.4 Å². The van der Waals surface area contributed by atoms with E-state index in [2.05, 4.69) is 20.3 Å². The summed E-state index contributed by atoms with van der Waals surface area (Å²) >= 11 is 1.33. The molecular weight excluding hydrogens is 417 g/mol. The SMILES string of the molecule is O=C(c1csc(Nc2cccnc2)n1)N1CCN(c2ccc(C(F)(F)F)cn2)CC1. The Hall–Kier alpha value is -3.21. The molecule has 4 heterocycles. The van der Waals surface area contributed by atoms with Gasteiger partial charge in [0, 0.05) is 44.0 Å². The first kappa shape index (κ1) is 20.1. The highest BCUT2D eigenvalue weighted by molar-refractivity contribution is 7.14. The number of amides is 1. The Kier molecular flexibility index (Phi) is 5.53. The molecule has 0 unspecified atom stereocenters. The number of alkyl halides is 3. The summed E-state index contributed by atoms with van der Waals surface area (Å²) in [5, 5.41) is 5.40. The summed E-state index contributed by atoms with van der Waals surface area (Å²) < 4.78 is 38.0. The van der Waals surface area contributed by atoms with Crippen LogP contribution in [0, 0.1) is 0 Å². The van der Waals surface area contributed by atoms with Crippen LogP contribution >= 0.6 is 11.3 Å². The van der Waals surface area contributed by atoms with Gasteiger partial charge in [-0.15, -0.1) is 11.3 Å². The topological polar surface area (TPSA) is 74.2 Å². The lowest BCUT2D eigenvalue weighted by Crippen LogP contribution is -2.49. The average Bonchev–Trinajstić information content (AvgIpc) is 3.22. The number of anilines is 3. The smallest absolute Gasteiger partial charge is 0.353 e. The predicted octanol–water partition coefficient (Wildman–Crippen LogP) is 3.66. The highest BCUT2D eigenvalue weighted by Gasteiger charge is 2.31. The van der Waals surface area contributed by atoms with E-state index in [9.17, 15) is 18.0 Å². The molecule has 1 aliphatic heterocycles. The van der Waals surface area contributed by atoms with Gasteiger partial charge in [0.25, 0.3) is 5.91 Å². The molecule has 156 valence electrons. The number of halogens is 3. The van der Waals surface area contributed by atoms with Gasteiger partial charge in [0.1, 0.15) is 11.5 Å². The number of piperazine rings is 1. The van der Waals surface area contributed by atoms with Crippen molar-refractivity contribution in [3.05, 3.63) is 59.5 Å². The number of carbonyl (C=O) groups excluding carboxylic acids is 1. The highest BCUT2D eigenvalue weighted by Crippen LogP contribution is 2.29. The second-order valence-corrected chi connectivity index (χ2v) is 7.44. The van der Waals surface area contributed by atoms with Crippen LogP contribution in [0.2, 0.25) is 0 Å². The van der Waals surface area contributed by atoms with E-state index in [1.54, 1.807) is 28.7 Å². The van der Waals surface area contributed by atoms with E-state index < -0.39 is 11.7 Å². The van der Waals surface area contributed by atoms with Crippen molar-refractivity contribution in [2.45, 2.75) is 6.18 Å². The molecule has 0 radical (unpaired) electrons. The maximum Gasteiger partial charge on any atom is 0.417 e. The molecule has 11 heteroatoms. The minimum Gasteiger partial charge on any atom is -0.353 e. The van der Waals surface area contributed by atoms with Crippen molar-refractivity contribution in [3.8, 4) is 0 Å². The van der Waals surface area contributed by atoms with Crippen LogP contribution < -0.4 is 10.2 Å². The van der Waals surface area contributed by atoms with Gasteiger partial charge in [-0.1, -0.05) is 0 Å². The van der Waals surface area contributed by atoms with Crippen LogP contribution in [0.1, 0.15) is 16.1 Å². The number of pyridine rings is 2. The molecule has 1 N–H and O–H groups in total. The first-order chi connectivity index (χ1) is 14.4. The van der Waals surface area contributed by atoms with E-state index in [1.807, 2.05) is 11.0 Å². The van der Waals surface area contributed by atoms with Crippen LogP contribution in [0.15, 0.2) is 48.2 Å². The fourth-order valence-electron chi connectivity index (χ4n) is 3.03. The Morgan fingerprint density at radius 1 is 1.10 bits per heavy atom. The van der Waals surface area contributed by atoms with E-state index in [4.69, 9.17) is 0 Å². The summed E-state index contributed by atoms with van der Waals surface area (Å²) in [5.41, 5.74) is 0.357. The lowest BCUT2D eigenvalue weighted by atomic mass is 10.2. The van der Waals surface area contributed by atoms with Crippen molar-refractivity contribution >= 4 is 33.9 Å². The van der Waals surface area contributed by atoms with Crippen LogP contribution in [-0.4, -0.2) is 51.9 Å². The van der Waals surface area contributed by atoms with E-state index in [0.29, 0.717) is 42.8 Å². The van der Waals surface area contributed by atoms with Gasteiger partial charge in [-0.25, -0.2) is 9.97 Å². The second-order valence-electron chi connectivity index (χ2n) is 6.59. The third-order valence-corrected chi connectivity index (χ3v) is 5.36. The van der Waals surface area contributed by atoms with Gasteiger partial charge in [-0.2, -0.15) is 13.2 Å². The molecule has 4 rings (SSSR count). The van der Waals surface area contributed by atoms with Crippen LogP contribution in [0.5, 0.6) is 0 Å². The van der Waals surface area contributed by atoms with Gasteiger partial charge in [0.05, 0.1) is 17.4 Å². The molecule has 1 amide bonds. The Balaban J connectivity index is 1.34. The summed E-state index contributed by atoms with van der Waals surface area (Å²) in [6.45, 7) is 1.83. The molecule has 0 atom stereocenters. The van der Waals surface area contributed by atoms with E-state index >= 15 is 0 Å². The monoisotopic (exact) mass is 434 g/mol. The summed E-state index contributed by atoms with van der Waals surface area (Å²) in [4.78, 5) is 28.6. The van der Waals surface area contributed by atoms with Crippen LogP contribution in [-0.2, 0) is 6.18 Å². The number of aromatic nitrogens is 3. The van der Waals surface area contributed by atoms with Crippen molar-refractivity contribution < 1.29 is 18.0 Å². The molecular formula is C19H17F3N6OS. The number of carbonyl (C=O) groups is 1. The maximum absolute atomic E-state index is 12.7. The van der Waals surface area contributed by atoms with Gasteiger partial charge in [-0.3, -0.25) is 9.78 Å². The van der Waals surface area contributed by atoms with Crippen LogP contribution in [0.3, 0.4) is 0 Å². The van der Waals surface area contributed by atoms with E-state index in [0.717, 1.165) is 18.0 Å². The number of hydrogen-bond acceptors (Lipinski definition) is 7. The van der Waals surface area contributed by atoms with Gasteiger partial charge >= 0.3 is 6.18 Å². The Morgan fingerprint density at radius 2 is 1.90 bits per heavy atom. The third-order valence-electron chi connectivity index (χ3n) is 4.60. The Morgan fingerprint density at radius 3 is 2.53 bits per heavy atom. The Labute approximate surface area is 174 Å². The first-order valence-corrected chi connectivity index (χ1v) is 9.98. The number of hydrogen-bond donors (Lipinski definition) is 1. The molecule has 0 spiro atoms. The zero-order chi connectivity index (χ0) is 21.1. The minimum absolute atomic E-state index is 0.175. The number of nitrogens with zero attached hydrogens (tertiary/aromatic N) is 5. The average molecular weight is 434 g/mol. The normalized spacial score (nSPS) is 14.6. The lowest BCUT2D eigenvalue weighted by Gasteiger charge is -2.35. The predicted molar refractivity (Wildman–Crippen MR) is 107 cm³/mol. The molecule has 0 aromatic carbocycles. The van der Waals surface area contributed by atoms with Crippen molar-refractivity contribution in [2.24, 2.45) is 0 Å². The minimum atomic E-state index is -4.41. The Bertz CT molecular complexity index is 1000. The van der Waals surface area contributed by atoms with Crippen molar-refractivity contribution in [2.75, 3.05) is 36.4 Å². The lowest BCUT2D eigenvalue weighted by molar-refractivity contribution is -0.137. The molecule has 3 aromatic heterocycles. The molecule has 0 bridgehead atoms. The van der Waals surface area contributed by atoms with E-state index in [-0.39, 0.29) is 5.91 Å². The first-order valence-electron chi connectivity index (χ1n) is 9.10. The second kappa shape index (κ2) is 8.27. The molecule has 7 nitrogen and oxygen atoms in total. The number of nitrogens with one attached hydrogen (secondary N) is 1. The van der Waals surface area contributed by atoms with Crippen molar-refractivity contribution in [1.29, 1.82) is 0 Å². The summed E-state index contributed by atoms with van der Waals surface area (Å²) in [7, 11) is 0. The molecule has 1 fully saturated rings. The summed E-state index contributed by atoms with van der Waals surface area (Å²) in [6, 6.07) is 6.03. The highest BCUT2D eigenvalue weighted by atomic mass is 32.1. The number of thiazole rings is 1. The fourth-order valence-corrected chi connectivity index (χ4v) is 3.74. The third kappa shape index (κ3) is 4.51. The largest absolute Gasteiger partial charge is 0.417 e. The summed E-state index contributed by atoms with van der Waals surface area (Å²) in [6.07, 6.45) is -0.243. The molecule has 3 aromatic rings. The van der Waals surface area contributed by atoms with Gasteiger partial charge in [0.2, 0.25) is 0 Å². The molecule has 1 aliphatic rings. The quantitative estimate of drug-likeness (QED) is 0.676. The molecule has 0 aliphatic carbocycles. The zero-order valence-electron chi connectivity index (χ0n) is 15.6. The van der Waals surface area contributed by atoms with Gasteiger partial charge < -0.3 is 15.1 Å². The zero-order valence-corrected chi connectivity index (χ0v) is 16.5. The van der Waals surface area contributed by atoms with Crippen molar-refractivity contribution in [3.63, 3.8) is 0 Å². The number of rotatable bonds is 4.